The number of thioether (sulfide) groups is 1. The quantitative estimate of drug-likeness (QED) is 0.878. The summed E-state index contributed by atoms with van der Waals surface area (Å²) < 4.78 is 0. The van der Waals surface area contributed by atoms with Gasteiger partial charge in [0.25, 0.3) is 0 Å². The van der Waals surface area contributed by atoms with Crippen LogP contribution in [0.5, 0.6) is 0 Å². The molecule has 0 amide bonds. The van der Waals surface area contributed by atoms with Crippen molar-refractivity contribution in [2.24, 2.45) is 0 Å². The average Bonchev–Trinajstić information content (AvgIpc) is 2.80. The summed E-state index contributed by atoms with van der Waals surface area (Å²) in [6, 6.07) is 17.3. The first-order valence-corrected chi connectivity index (χ1v) is 8.27. The standard InChI is InChI=1S/C17H18ClNS/c1-2-19-17-13-8-4-3-7-12(13)11-16(17)20-15-10-6-5-9-14(15)18/h3-10,16-17,19H,2,11H2,1H3. The number of nitrogens with one attached hydrogen (secondary N) is 1. The summed E-state index contributed by atoms with van der Waals surface area (Å²) in [4.78, 5) is 1.18. The van der Waals surface area contributed by atoms with Gasteiger partial charge in [-0.3, -0.25) is 0 Å². The molecule has 2 atom stereocenters. The fraction of sp³-hybridized carbons (Fsp3) is 0.294. The van der Waals surface area contributed by atoms with Crippen molar-refractivity contribution in [3.05, 3.63) is 64.7 Å². The Hall–Kier alpha value is -0.960. The van der Waals surface area contributed by atoms with Crippen molar-refractivity contribution < 1.29 is 0 Å². The predicted octanol–water partition coefficient (Wildman–Crippen LogP) is 4.71. The van der Waals surface area contributed by atoms with E-state index in [-0.39, 0.29) is 0 Å². The van der Waals surface area contributed by atoms with Crippen LogP contribution in [-0.4, -0.2) is 11.8 Å². The molecule has 1 N–H and O–H groups in total. The third-order valence-electron chi connectivity index (χ3n) is 3.72. The van der Waals surface area contributed by atoms with E-state index < -0.39 is 0 Å². The fourth-order valence-corrected chi connectivity index (χ4v) is 4.41. The molecule has 20 heavy (non-hydrogen) atoms. The molecule has 0 aliphatic heterocycles. The van der Waals surface area contributed by atoms with Crippen LogP contribution in [0.1, 0.15) is 24.1 Å². The molecule has 1 aliphatic rings. The summed E-state index contributed by atoms with van der Waals surface area (Å²) in [5, 5.41) is 4.98. The number of hydrogen-bond acceptors (Lipinski definition) is 2. The van der Waals surface area contributed by atoms with E-state index in [2.05, 4.69) is 48.6 Å². The number of benzene rings is 2. The number of halogens is 1. The average molecular weight is 304 g/mol. The second kappa shape index (κ2) is 6.21. The van der Waals surface area contributed by atoms with Crippen molar-refractivity contribution in [1.29, 1.82) is 0 Å². The summed E-state index contributed by atoms with van der Waals surface area (Å²) in [7, 11) is 0. The molecule has 0 saturated carbocycles. The molecule has 3 rings (SSSR count). The Labute approximate surface area is 129 Å². The van der Waals surface area contributed by atoms with Gasteiger partial charge in [0.1, 0.15) is 0 Å². The van der Waals surface area contributed by atoms with Crippen molar-refractivity contribution in [2.75, 3.05) is 6.54 Å². The highest BCUT2D eigenvalue weighted by Crippen LogP contribution is 2.42. The predicted molar refractivity (Wildman–Crippen MR) is 87.7 cm³/mol. The zero-order chi connectivity index (χ0) is 13.9. The molecular weight excluding hydrogens is 286 g/mol. The van der Waals surface area contributed by atoms with E-state index in [1.807, 2.05) is 23.9 Å². The summed E-state index contributed by atoms with van der Waals surface area (Å²) in [5.41, 5.74) is 2.90. The highest BCUT2D eigenvalue weighted by atomic mass is 35.5. The Kier molecular flexibility index (Phi) is 4.35. The Morgan fingerprint density at radius 2 is 1.90 bits per heavy atom. The Balaban J connectivity index is 1.85. The van der Waals surface area contributed by atoms with Gasteiger partial charge in [-0.15, -0.1) is 11.8 Å². The van der Waals surface area contributed by atoms with Crippen molar-refractivity contribution in [3.63, 3.8) is 0 Å². The van der Waals surface area contributed by atoms with Crippen LogP contribution in [0.15, 0.2) is 53.4 Å². The molecule has 2 aromatic rings. The SMILES string of the molecule is CCNC1c2ccccc2CC1Sc1ccccc1Cl. The molecule has 2 aromatic carbocycles. The zero-order valence-electron chi connectivity index (χ0n) is 11.5. The smallest absolute Gasteiger partial charge is 0.0541 e. The van der Waals surface area contributed by atoms with Crippen LogP contribution in [0, 0.1) is 0 Å². The lowest BCUT2D eigenvalue weighted by molar-refractivity contribution is 0.560. The molecule has 0 heterocycles. The van der Waals surface area contributed by atoms with Gasteiger partial charge in [0.05, 0.1) is 5.02 Å². The van der Waals surface area contributed by atoms with Crippen LogP contribution in [0.25, 0.3) is 0 Å². The van der Waals surface area contributed by atoms with Gasteiger partial charge < -0.3 is 5.32 Å². The minimum atomic E-state index is 0.414. The first-order chi connectivity index (χ1) is 9.79. The summed E-state index contributed by atoms with van der Waals surface area (Å²) in [6.45, 7) is 3.15. The van der Waals surface area contributed by atoms with Crippen LogP contribution in [0.2, 0.25) is 5.02 Å². The Morgan fingerprint density at radius 1 is 1.15 bits per heavy atom. The molecule has 2 unspecified atom stereocenters. The summed E-state index contributed by atoms with van der Waals surface area (Å²) >= 11 is 8.19. The van der Waals surface area contributed by atoms with Crippen LogP contribution >= 0.6 is 23.4 Å². The van der Waals surface area contributed by atoms with E-state index in [1.54, 1.807) is 0 Å². The van der Waals surface area contributed by atoms with Gasteiger partial charge in [-0.1, -0.05) is 54.9 Å². The first-order valence-electron chi connectivity index (χ1n) is 7.02. The van der Waals surface area contributed by atoms with Crippen LogP contribution in [0.3, 0.4) is 0 Å². The highest BCUT2D eigenvalue weighted by Gasteiger charge is 2.32. The number of fused-ring (bicyclic) bond motifs is 1. The zero-order valence-corrected chi connectivity index (χ0v) is 13.0. The van der Waals surface area contributed by atoms with Gasteiger partial charge in [0.15, 0.2) is 0 Å². The molecule has 0 bridgehead atoms. The molecule has 1 aliphatic carbocycles. The van der Waals surface area contributed by atoms with Gasteiger partial charge in [-0.2, -0.15) is 0 Å². The van der Waals surface area contributed by atoms with Crippen molar-refractivity contribution in [1.82, 2.24) is 5.32 Å². The monoisotopic (exact) mass is 303 g/mol. The van der Waals surface area contributed by atoms with E-state index in [1.165, 1.54) is 16.0 Å². The van der Waals surface area contributed by atoms with Crippen molar-refractivity contribution in [3.8, 4) is 0 Å². The minimum absolute atomic E-state index is 0.414. The molecule has 104 valence electrons. The normalized spacial score (nSPS) is 20.9. The van der Waals surface area contributed by atoms with Gasteiger partial charge in [0, 0.05) is 16.2 Å². The molecule has 0 radical (unpaired) electrons. The molecule has 0 spiro atoms. The maximum absolute atomic E-state index is 6.30. The molecule has 3 heteroatoms. The van der Waals surface area contributed by atoms with Crippen LogP contribution < -0.4 is 5.32 Å². The van der Waals surface area contributed by atoms with Gasteiger partial charge in [0.2, 0.25) is 0 Å². The first kappa shape index (κ1) is 14.0. The summed E-state index contributed by atoms with van der Waals surface area (Å²) in [5.74, 6) is 0. The van der Waals surface area contributed by atoms with Crippen LogP contribution in [-0.2, 0) is 6.42 Å². The second-order valence-electron chi connectivity index (χ2n) is 5.03. The van der Waals surface area contributed by atoms with E-state index in [9.17, 15) is 0 Å². The van der Waals surface area contributed by atoms with E-state index in [0.717, 1.165) is 18.0 Å². The Morgan fingerprint density at radius 3 is 2.70 bits per heavy atom. The van der Waals surface area contributed by atoms with Crippen molar-refractivity contribution >= 4 is 23.4 Å². The maximum Gasteiger partial charge on any atom is 0.0541 e. The highest BCUT2D eigenvalue weighted by molar-refractivity contribution is 8.00. The molecular formula is C17H18ClNS. The van der Waals surface area contributed by atoms with Gasteiger partial charge in [-0.05, 0) is 36.2 Å². The molecule has 0 fully saturated rings. The topological polar surface area (TPSA) is 12.0 Å². The maximum atomic E-state index is 6.30. The summed E-state index contributed by atoms with van der Waals surface area (Å²) in [6.07, 6.45) is 1.10. The van der Waals surface area contributed by atoms with Crippen molar-refractivity contribution in [2.45, 2.75) is 29.5 Å². The molecule has 0 saturated heterocycles. The lowest BCUT2D eigenvalue weighted by Crippen LogP contribution is -2.26. The Bertz CT molecular complexity index is 599. The van der Waals surface area contributed by atoms with E-state index in [0.29, 0.717) is 11.3 Å². The second-order valence-corrected chi connectivity index (χ2v) is 6.71. The van der Waals surface area contributed by atoms with Gasteiger partial charge in [-0.25, -0.2) is 0 Å². The third-order valence-corrected chi connectivity index (χ3v) is 5.52. The lowest BCUT2D eigenvalue weighted by atomic mass is 10.1. The van der Waals surface area contributed by atoms with Gasteiger partial charge >= 0.3 is 0 Å². The lowest BCUT2D eigenvalue weighted by Gasteiger charge is -2.21. The number of rotatable bonds is 4. The third kappa shape index (κ3) is 2.73. The fourth-order valence-electron chi connectivity index (χ4n) is 2.83. The minimum Gasteiger partial charge on any atom is -0.309 e. The molecule has 1 nitrogen and oxygen atoms in total. The molecule has 0 aromatic heterocycles. The van der Waals surface area contributed by atoms with E-state index >= 15 is 0 Å². The largest absolute Gasteiger partial charge is 0.309 e. The van der Waals surface area contributed by atoms with Crippen LogP contribution in [0.4, 0.5) is 0 Å². The number of hydrogen-bond donors (Lipinski definition) is 1. The van der Waals surface area contributed by atoms with E-state index in [4.69, 9.17) is 11.6 Å².